The van der Waals surface area contributed by atoms with Crippen molar-refractivity contribution in [2.24, 2.45) is 0 Å². The minimum absolute atomic E-state index is 0.119. The number of alkyl halides is 3. The van der Waals surface area contributed by atoms with Gasteiger partial charge in [-0.25, -0.2) is 0 Å². The Morgan fingerprint density at radius 3 is 2.57 bits per heavy atom. The molecule has 0 spiro atoms. The number of halogens is 4. The first-order chi connectivity index (χ1) is 13.2. The topological polar surface area (TPSA) is 58.6 Å². The number of carbonyl (C=O) groups excluding carboxylic acids is 2. The summed E-state index contributed by atoms with van der Waals surface area (Å²) in [5.74, 6) is -0.924. The molecule has 2 aromatic carbocycles. The van der Waals surface area contributed by atoms with Crippen LogP contribution in [0.3, 0.4) is 0 Å². The average Bonchev–Trinajstić information content (AvgIpc) is 2.88. The van der Waals surface area contributed by atoms with Crippen molar-refractivity contribution >= 4 is 23.4 Å². The monoisotopic (exact) mass is 412 g/mol. The number of imide groups is 1. The summed E-state index contributed by atoms with van der Waals surface area (Å²) in [4.78, 5) is 26.3. The van der Waals surface area contributed by atoms with Crippen LogP contribution in [0.15, 0.2) is 36.4 Å². The number of likely N-dealkylation sites (N-methyl/N-ethyl adjacent to an activating group) is 1. The molecular weight excluding hydrogens is 397 g/mol. The Balaban J connectivity index is 1.88. The lowest BCUT2D eigenvalue weighted by Crippen LogP contribution is -2.29. The molecule has 0 fully saturated rings. The van der Waals surface area contributed by atoms with Gasteiger partial charge >= 0.3 is 6.18 Å². The lowest BCUT2D eigenvalue weighted by atomic mass is 10.1. The van der Waals surface area contributed by atoms with Crippen molar-refractivity contribution in [3.05, 3.63) is 63.7 Å². The third kappa shape index (κ3) is 3.83. The Morgan fingerprint density at radius 1 is 1.14 bits per heavy atom. The molecule has 0 aromatic heterocycles. The zero-order chi connectivity index (χ0) is 20.5. The molecule has 0 aliphatic carbocycles. The van der Waals surface area contributed by atoms with Crippen LogP contribution in [0.4, 0.5) is 13.2 Å². The molecule has 5 nitrogen and oxygen atoms in total. The van der Waals surface area contributed by atoms with Crippen LogP contribution in [-0.4, -0.2) is 36.9 Å². The summed E-state index contributed by atoms with van der Waals surface area (Å²) in [6.45, 7) is 0.531. The number of hydrogen-bond donors (Lipinski definition) is 1. The predicted octanol–water partition coefficient (Wildman–Crippen LogP) is 3.75. The summed E-state index contributed by atoms with van der Waals surface area (Å²) >= 11 is 5.62. The van der Waals surface area contributed by atoms with E-state index in [0.717, 1.165) is 17.0 Å². The van der Waals surface area contributed by atoms with Gasteiger partial charge in [-0.05, 0) is 36.9 Å². The molecule has 2 amide bonds. The van der Waals surface area contributed by atoms with E-state index < -0.39 is 28.6 Å². The molecule has 1 N–H and O–H groups in total. The van der Waals surface area contributed by atoms with E-state index in [1.165, 1.54) is 12.1 Å². The van der Waals surface area contributed by atoms with Gasteiger partial charge in [0.1, 0.15) is 12.4 Å². The quantitative estimate of drug-likeness (QED) is 0.580. The first-order valence-electron chi connectivity index (χ1n) is 8.36. The first kappa shape index (κ1) is 20.2. The Kier molecular flexibility index (Phi) is 5.62. The molecule has 1 aliphatic rings. The van der Waals surface area contributed by atoms with E-state index in [4.69, 9.17) is 16.3 Å². The highest BCUT2D eigenvalue weighted by Gasteiger charge is 2.39. The molecule has 148 valence electrons. The molecule has 9 heteroatoms. The molecule has 0 saturated carbocycles. The van der Waals surface area contributed by atoms with Gasteiger partial charge in [-0.3, -0.25) is 14.5 Å². The van der Waals surface area contributed by atoms with E-state index in [-0.39, 0.29) is 29.0 Å². The molecule has 0 atom stereocenters. The van der Waals surface area contributed by atoms with Crippen LogP contribution >= 0.6 is 11.6 Å². The van der Waals surface area contributed by atoms with Crippen LogP contribution in [-0.2, 0) is 12.7 Å². The summed E-state index contributed by atoms with van der Waals surface area (Å²) in [5.41, 5.74) is -0.589. The second kappa shape index (κ2) is 7.81. The van der Waals surface area contributed by atoms with Crippen molar-refractivity contribution in [3.63, 3.8) is 0 Å². The molecule has 0 bridgehead atoms. The summed E-state index contributed by atoms with van der Waals surface area (Å²) in [5, 5.41) is 2.45. The molecule has 0 saturated heterocycles. The first-order valence-corrected chi connectivity index (χ1v) is 8.74. The second-order valence-electron chi connectivity index (χ2n) is 6.14. The van der Waals surface area contributed by atoms with Gasteiger partial charge in [0.05, 0.1) is 28.3 Å². The van der Waals surface area contributed by atoms with Crippen LogP contribution in [0.1, 0.15) is 31.8 Å². The molecule has 28 heavy (non-hydrogen) atoms. The summed E-state index contributed by atoms with van der Waals surface area (Å²) < 4.78 is 44.7. The zero-order valence-corrected chi connectivity index (χ0v) is 15.5. The highest BCUT2D eigenvalue weighted by Crippen LogP contribution is 2.36. The number of nitrogens with zero attached hydrogens (tertiary/aromatic N) is 1. The number of fused-ring (bicyclic) bond motifs is 1. The minimum atomic E-state index is -4.64. The van der Waals surface area contributed by atoms with Gasteiger partial charge < -0.3 is 10.1 Å². The number of hydrogen-bond acceptors (Lipinski definition) is 4. The number of carbonyl (C=O) groups is 2. The fourth-order valence-corrected chi connectivity index (χ4v) is 3.12. The van der Waals surface area contributed by atoms with Crippen LogP contribution in [0.5, 0.6) is 5.75 Å². The number of benzene rings is 2. The summed E-state index contributed by atoms with van der Waals surface area (Å²) in [6.07, 6.45) is -4.64. The average molecular weight is 413 g/mol. The standard InChI is InChI=1S/C19H16ClF3N2O3/c1-24-7-8-28-15-4-2-3-12-16(15)18(27)25(17(12)26)10-11-5-6-14(20)13(9-11)19(21,22)23/h2-6,9,24H,7-8,10H2,1H3. The third-order valence-corrected chi connectivity index (χ3v) is 4.58. The fraction of sp³-hybridized carbons (Fsp3) is 0.263. The third-order valence-electron chi connectivity index (χ3n) is 4.25. The largest absolute Gasteiger partial charge is 0.491 e. The Labute approximate surface area is 164 Å². The van der Waals surface area contributed by atoms with E-state index in [9.17, 15) is 22.8 Å². The fourth-order valence-electron chi connectivity index (χ4n) is 2.90. The number of amides is 2. The van der Waals surface area contributed by atoms with Crippen LogP contribution in [0.2, 0.25) is 5.02 Å². The number of ether oxygens (including phenoxy) is 1. The molecule has 1 aliphatic heterocycles. The van der Waals surface area contributed by atoms with Gasteiger partial charge in [0.2, 0.25) is 0 Å². The highest BCUT2D eigenvalue weighted by atomic mass is 35.5. The van der Waals surface area contributed by atoms with E-state index in [1.807, 2.05) is 0 Å². The van der Waals surface area contributed by atoms with Gasteiger partial charge in [0, 0.05) is 6.54 Å². The molecule has 1 heterocycles. The van der Waals surface area contributed by atoms with E-state index in [1.54, 1.807) is 19.2 Å². The Hall–Kier alpha value is -2.58. The van der Waals surface area contributed by atoms with Gasteiger partial charge in [-0.15, -0.1) is 0 Å². The smallest absolute Gasteiger partial charge is 0.417 e. The lowest BCUT2D eigenvalue weighted by Gasteiger charge is -2.16. The lowest BCUT2D eigenvalue weighted by molar-refractivity contribution is -0.137. The SMILES string of the molecule is CNCCOc1cccc2c1C(=O)N(Cc1ccc(Cl)c(C(F)(F)F)c1)C2=O. The highest BCUT2D eigenvalue weighted by molar-refractivity contribution is 6.31. The van der Waals surface area contributed by atoms with E-state index in [2.05, 4.69) is 5.32 Å². The van der Waals surface area contributed by atoms with Gasteiger partial charge in [0.15, 0.2) is 0 Å². The number of nitrogens with one attached hydrogen (secondary N) is 1. The summed E-state index contributed by atoms with van der Waals surface area (Å²) in [7, 11) is 1.75. The van der Waals surface area contributed by atoms with E-state index >= 15 is 0 Å². The van der Waals surface area contributed by atoms with Crippen LogP contribution in [0.25, 0.3) is 0 Å². The van der Waals surface area contributed by atoms with Crippen molar-refractivity contribution < 1.29 is 27.5 Å². The van der Waals surface area contributed by atoms with Crippen molar-refractivity contribution in [1.29, 1.82) is 0 Å². The molecular formula is C19H16ClF3N2O3. The molecule has 0 unspecified atom stereocenters. The number of rotatable bonds is 6. The maximum Gasteiger partial charge on any atom is 0.417 e. The van der Waals surface area contributed by atoms with Gasteiger partial charge in [0.25, 0.3) is 11.8 Å². The Morgan fingerprint density at radius 2 is 1.89 bits per heavy atom. The predicted molar refractivity (Wildman–Crippen MR) is 96.5 cm³/mol. The van der Waals surface area contributed by atoms with Crippen LogP contribution in [0, 0.1) is 0 Å². The second-order valence-corrected chi connectivity index (χ2v) is 6.55. The minimum Gasteiger partial charge on any atom is -0.491 e. The van der Waals surface area contributed by atoms with Crippen molar-refractivity contribution in [2.45, 2.75) is 12.7 Å². The maximum absolute atomic E-state index is 13.1. The van der Waals surface area contributed by atoms with Gasteiger partial charge in [-0.1, -0.05) is 23.7 Å². The molecule has 3 rings (SSSR count). The maximum atomic E-state index is 13.1. The normalized spacial score (nSPS) is 13.8. The van der Waals surface area contributed by atoms with Crippen molar-refractivity contribution in [2.75, 3.05) is 20.2 Å². The molecule has 0 radical (unpaired) electrons. The van der Waals surface area contributed by atoms with E-state index in [0.29, 0.717) is 13.2 Å². The zero-order valence-electron chi connectivity index (χ0n) is 14.8. The molecule has 2 aromatic rings. The summed E-state index contributed by atoms with van der Waals surface area (Å²) in [6, 6.07) is 7.95. The van der Waals surface area contributed by atoms with Crippen molar-refractivity contribution in [3.8, 4) is 5.75 Å². The van der Waals surface area contributed by atoms with Crippen LogP contribution < -0.4 is 10.1 Å². The van der Waals surface area contributed by atoms with Crippen molar-refractivity contribution in [1.82, 2.24) is 10.2 Å². The van der Waals surface area contributed by atoms with Gasteiger partial charge in [-0.2, -0.15) is 13.2 Å². The Bertz CT molecular complexity index is 931.